The van der Waals surface area contributed by atoms with Crippen molar-refractivity contribution >= 4 is 34.1 Å². The predicted octanol–water partition coefficient (Wildman–Crippen LogP) is 5.28. The summed E-state index contributed by atoms with van der Waals surface area (Å²) in [6.07, 6.45) is 0. The number of aromatic nitrogens is 1. The highest BCUT2D eigenvalue weighted by atomic mass is 35.5. The van der Waals surface area contributed by atoms with Gasteiger partial charge >= 0.3 is 0 Å². The van der Waals surface area contributed by atoms with E-state index in [1.165, 1.54) is 12.1 Å². The first-order valence-corrected chi connectivity index (χ1v) is 6.13. The Morgan fingerprint density at radius 1 is 0.944 bits per heavy atom. The van der Waals surface area contributed by atoms with Gasteiger partial charge in [-0.2, -0.15) is 0 Å². The molecule has 0 spiro atoms. The second-order valence-electron chi connectivity index (χ2n) is 4.04. The first-order chi connectivity index (χ1) is 8.63. The zero-order valence-corrected chi connectivity index (χ0v) is 10.7. The molecular formula is C14H8Cl2FN. The fraction of sp³-hybridized carbons (Fsp3) is 0. The average Bonchev–Trinajstić information content (AvgIpc) is 2.74. The Morgan fingerprint density at radius 2 is 1.67 bits per heavy atom. The van der Waals surface area contributed by atoms with Gasteiger partial charge in [0.25, 0.3) is 0 Å². The minimum atomic E-state index is -0.254. The number of fused-ring (bicyclic) bond motifs is 1. The van der Waals surface area contributed by atoms with Crippen molar-refractivity contribution in [3.63, 3.8) is 0 Å². The van der Waals surface area contributed by atoms with Gasteiger partial charge in [-0.3, -0.25) is 0 Å². The van der Waals surface area contributed by atoms with Crippen LogP contribution in [0.15, 0.2) is 42.5 Å². The highest BCUT2D eigenvalue weighted by molar-refractivity contribution is 6.38. The number of nitrogens with one attached hydrogen (secondary N) is 1. The molecule has 3 aromatic rings. The van der Waals surface area contributed by atoms with Crippen LogP contribution in [0.4, 0.5) is 4.39 Å². The first-order valence-electron chi connectivity index (χ1n) is 5.37. The van der Waals surface area contributed by atoms with Crippen molar-refractivity contribution in [2.45, 2.75) is 0 Å². The maximum atomic E-state index is 12.9. The van der Waals surface area contributed by atoms with E-state index in [4.69, 9.17) is 23.2 Å². The molecule has 0 radical (unpaired) electrons. The smallest absolute Gasteiger partial charge is 0.123 e. The van der Waals surface area contributed by atoms with Gasteiger partial charge in [0.1, 0.15) is 5.82 Å². The van der Waals surface area contributed by atoms with E-state index in [1.54, 1.807) is 18.2 Å². The van der Waals surface area contributed by atoms with E-state index < -0.39 is 0 Å². The summed E-state index contributed by atoms with van der Waals surface area (Å²) in [4.78, 5) is 3.22. The zero-order valence-electron chi connectivity index (χ0n) is 9.18. The molecule has 1 N–H and O–H groups in total. The molecule has 0 aliphatic heterocycles. The number of hydrogen-bond acceptors (Lipinski definition) is 0. The molecule has 1 nitrogen and oxygen atoms in total. The molecule has 0 saturated carbocycles. The van der Waals surface area contributed by atoms with E-state index in [2.05, 4.69) is 4.98 Å². The van der Waals surface area contributed by atoms with Gasteiger partial charge in [0.15, 0.2) is 0 Å². The number of benzene rings is 2. The van der Waals surface area contributed by atoms with Crippen LogP contribution in [0.1, 0.15) is 0 Å². The van der Waals surface area contributed by atoms with Crippen molar-refractivity contribution in [2.75, 3.05) is 0 Å². The minimum Gasteiger partial charge on any atom is -0.354 e. The van der Waals surface area contributed by atoms with Crippen LogP contribution in [-0.2, 0) is 0 Å². The molecule has 0 saturated heterocycles. The van der Waals surface area contributed by atoms with Gasteiger partial charge < -0.3 is 4.98 Å². The van der Waals surface area contributed by atoms with Crippen LogP contribution in [0.5, 0.6) is 0 Å². The van der Waals surface area contributed by atoms with Crippen LogP contribution in [0, 0.1) is 5.82 Å². The third kappa shape index (κ3) is 1.98. The largest absolute Gasteiger partial charge is 0.354 e. The lowest BCUT2D eigenvalue weighted by atomic mass is 10.1. The van der Waals surface area contributed by atoms with E-state index >= 15 is 0 Å². The van der Waals surface area contributed by atoms with Crippen LogP contribution in [0.2, 0.25) is 10.0 Å². The Balaban J connectivity index is 2.19. The molecule has 0 atom stereocenters. The van der Waals surface area contributed by atoms with E-state index in [9.17, 15) is 4.39 Å². The van der Waals surface area contributed by atoms with Gasteiger partial charge in [-0.1, -0.05) is 23.2 Å². The molecule has 2 aromatic carbocycles. The predicted molar refractivity (Wildman–Crippen MR) is 73.7 cm³/mol. The Morgan fingerprint density at radius 3 is 2.39 bits per heavy atom. The third-order valence-corrected chi connectivity index (χ3v) is 3.34. The molecule has 0 aliphatic carbocycles. The summed E-state index contributed by atoms with van der Waals surface area (Å²) in [6.45, 7) is 0. The Hall–Kier alpha value is -1.51. The highest BCUT2D eigenvalue weighted by Crippen LogP contribution is 2.31. The molecule has 0 bridgehead atoms. The highest BCUT2D eigenvalue weighted by Gasteiger charge is 2.07. The summed E-state index contributed by atoms with van der Waals surface area (Å²) < 4.78 is 12.9. The molecule has 0 unspecified atom stereocenters. The van der Waals surface area contributed by atoms with Crippen molar-refractivity contribution < 1.29 is 4.39 Å². The molecule has 1 aromatic heterocycles. The molecule has 3 rings (SSSR count). The second kappa shape index (κ2) is 4.30. The summed E-state index contributed by atoms with van der Waals surface area (Å²) in [5, 5.41) is 2.09. The number of halogens is 3. The van der Waals surface area contributed by atoms with Gasteiger partial charge in [-0.25, -0.2) is 4.39 Å². The normalized spacial score (nSPS) is 11.1. The van der Waals surface area contributed by atoms with E-state index in [-0.39, 0.29) is 5.82 Å². The molecular weight excluding hydrogens is 272 g/mol. The van der Waals surface area contributed by atoms with Crippen molar-refractivity contribution in [1.29, 1.82) is 0 Å². The molecule has 1 heterocycles. The second-order valence-corrected chi connectivity index (χ2v) is 4.88. The van der Waals surface area contributed by atoms with Gasteiger partial charge in [-0.05, 0) is 48.0 Å². The third-order valence-electron chi connectivity index (χ3n) is 2.81. The summed E-state index contributed by atoms with van der Waals surface area (Å²) in [5.74, 6) is -0.254. The van der Waals surface area contributed by atoms with Gasteiger partial charge in [0.2, 0.25) is 0 Å². The molecule has 0 fully saturated rings. The molecule has 4 heteroatoms. The SMILES string of the molecule is Fc1ccc(-c2cc3c(Cl)cc(Cl)cc3[nH]2)cc1. The first kappa shape index (κ1) is 11.6. The molecule has 90 valence electrons. The number of aromatic amines is 1. The fourth-order valence-corrected chi connectivity index (χ4v) is 2.49. The summed E-state index contributed by atoms with van der Waals surface area (Å²) in [5.41, 5.74) is 2.65. The number of H-pyrrole nitrogens is 1. The molecule has 18 heavy (non-hydrogen) atoms. The van der Waals surface area contributed by atoms with Gasteiger partial charge in [0, 0.05) is 21.6 Å². The maximum Gasteiger partial charge on any atom is 0.123 e. The van der Waals surface area contributed by atoms with Crippen LogP contribution in [-0.4, -0.2) is 4.98 Å². The van der Waals surface area contributed by atoms with Gasteiger partial charge in [-0.15, -0.1) is 0 Å². The summed E-state index contributed by atoms with van der Waals surface area (Å²) >= 11 is 12.1. The van der Waals surface area contributed by atoms with Crippen LogP contribution >= 0.6 is 23.2 Å². The zero-order chi connectivity index (χ0) is 12.7. The lowest BCUT2D eigenvalue weighted by Crippen LogP contribution is -1.77. The van der Waals surface area contributed by atoms with E-state index in [0.717, 1.165) is 22.2 Å². The Labute approximate surface area is 113 Å². The monoisotopic (exact) mass is 279 g/mol. The summed E-state index contributed by atoms with van der Waals surface area (Å²) in [6, 6.07) is 11.7. The fourth-order valence-electron chi connectivity index (χ4n) is 1.95. The standard InChI is InChI=1S/C14H8Cl2FN/c15-9-5-12(16)11-7-13(18-14(11)6-9)8-1-3-10(17)4-2-8/h1-7,18H. The Bertz CT molecular complexity index is 716. The average molecular weight is 280 g/mol. The van der Waals surface area contributed by atoms with Crippen molar-refractivity contribution in [3.8, 4) is 11.3 Å². The van der Waals surface area contributed by atoms with Crippen LogP contribution in [0.3, 0.4) is 0 Å². The van der Waals surface area contributed by atoms with Crippen molar-refractivity contribution in [1.82, 2.24) is 4.98 Å². The van der Waals surface area contributed by atoms with Gasteiger partial charge in [0.05, 0.1) is 5.02 Å². The van der Waals surface area contributed by atoms with Crippen molar-refractivity contribution in [3.05, 3.63) is 58.3 Å². The van der Waals surface area contributed by atoms with Crippen LogP contribution in [0.25, 0.3) is 22.2 Å². The summed E-state index contributed by atoms with van der Waals surface area (Å²) in [7, 11) is 0. The Kier molecular flexibility index (Phi) is 2.77. The van der Waals surface area contributed by atoms with E-state index in [1.807, 2.05) is 12.1 Å². The van der Waals surface area contributed by atoms with E-state index in [0.29, 0.717) is 10.0 Å². The number of rotatable bonds is 1. The van der Waals surface area contributed by atoms with Crippen molar-refractivity contribution in [2.24, 2.45) is 0 Å². The maximum absolute atomic E-state index is 12.9. The van der Waals surface area contributed by atoms with Crippen LogP contribution < -0.4 is 0 Å². The minimum absolute atomic E-state index is 0.254. The molecule has 0 aliphatic rings. The lowest BCUT2D eigenvalue weighted by Gasteiger charge is -1.96. The lowest BCUT2D eigenvalue weighted by molar-refractivity contribution is 0.628. The topological polar surface area (TPSA) is 15.8 Å². The number of hydrogen-bond donors (Lipinski definition) is 1. The quantitative estimate of drug-likeness (QED) is 0.624. The molecule has 0 amide bonds.